The van der Waals surface area contributed by atoms with Crippen LogP contribution in [0, 0.1) is 0 Å². The van der Waals surface area contributed by atoms with E-state index in [0.29, 0.717) is 0 Å². The van der Waals surface area contributed by atoms with Crippen LogP contribution in [0.15, 0.2) is 0 Å². The summed E-state index contributed by atoms with van der Waals surface area (Å²) < 4.78 is 0. The van der Waals surface area contributed by atoms with Gasteiger partial charge in [0.05, 0.1) is 0 Å². The van der Waals surface area contributed by atoms with Crippen LogP contribution in [0.2, 0.25) is 11.1 Å². The van der Waals surface area contributed by atoms with Crippen molar-refractivity contribution >= 4 is 36.5 Å². The van der Waals surface area contributed by atoms with Crippen molar-refractivity contribution in [2.75, 3.05) is 0 Å². The van der Waals surface area contributed by atoms with Crippen LogP contribution >= 0.6 is 0 Å². The predicted octanol–water partition coefficient (Wildman–Crippen LogP) is 0.805. The molecule has 0 radical (unpaired) electrons. The van der Waals surface area contributed by atoms with Crippen molar-refractivity contribution in [3.63, 3.8) is 0 Å². The average Bonchev–Trinajstić information content (AvgIpc) is 1.68. The molecule has 3 heteroatoms. The predicted molar refractivity (Wildman–Crippen MR) is 38.2 cm³/mol. The normalized spacial score (nSPS) is 14.0. The van der Waals surface area contributed by atoms with Crippen molar-refractivity contribution in [1.29, 1.82) is 0 Å². The van der Waals surface area contributed by atoms with E-state index >= 15 is 0 Å². The van der Waals surface area contributed by atoms with Crippen molar-refractivity contribution in [2.24, 2.45) is 0 Å². The molecule has 0 aromatic heterocycles. The van der Waals surface area contributed by atoms with E-state index in [2.05, 4.69) is 26.4 Å². The van der Waals surface area contributed by atoms with Gasteiger partial charge in [0.1, 0.15) is 0 Å². The molecule has 1 unspecified atom stereocenters. The molecular formula is C4H10Se3. The molecule has 0 fully saturated rings. The molecule has 0 spiro atoms. The van der Waals surface area contributed by atoms with Crippen molar-refractivity contribution in [3.8, 4) is 0 Å². The molecule has 0 aromatic rings. The summed E-state index contributed by atoms with van der Waals surface area (Å²) in [6, 6.07) is 0. The van der Waals surface area contributed by atoms with Gasteiger partial charge in [0.25, 0.3) is 0 Å². The van der Waals surface area contributed by atoms with Gasteiger partial charge in [0.15, 0.2) is 0 Å². The van der Waals surface area contributed by atoms with E-state index in [1.54, 1.807) is 0 Å². The molecule has 1 atom stereocenters. The number of hydrogen-bond acceptors (Lipinski definition) is 0. The summed E-state index contributed by atoms with van der Waals surface area (Å²) in [6.45, 7) is 2.26. The van der Waals surface area contributed by atoms with Gasteiger partial charge in [-0.15, -0.1) is 0 Å². The van der Waals surface area contributed by atoms with Gasteiger partial charge >= 0.3 is 61.0 Å². The maximum atomic E-state index is 3.28. The standard InChI is InChI=1S/C4H10Se3/c1-3-4-7(5)6-2/h3-4H2,1-2H3. The Balaban J connectivity index is 3.00. The Morgan fingerprint density at radius 2 is 2.29 bits per heavy atom. The van der Waals surface area contributed by atoms with Crippen LogP contribution in [0.3, 0.4) is 0 Å². The Hall–Kier alpha value is 1.56. The second kappa shape index (κ2) is 5.69. The van der Waals surface area contributed by atoms with E-state index in [9.17, 15) is 0 Å². The van der Waals surface area contributed by atoms with Gasteiger partial charge in [-0.3, -0.25) is 0 Å². The Labute approximate surface area is 60.7 Å². The second-order valence-corrected chi connectivity index (χ2v) is 22.0. The van der Waals surface area contributed by atoms with E-state index < -0.39 is 0 Å². The summed E-state index contributed by atoms with van der Waals surface area (Å²) in [5.74, 6) is 2.34. The molecular weight excluding hydrogens is 285 g/mol. The van der Waals surface area contributed by atoms with Crippen LogP contribution in [0.1, 0.15) is 13.3 Å². The van der Waals surface area contributed by atoms with Gasteiger partial charge in [-0.05, 0) is 0 Å². The Morgan fingerprint density at radius 3 is 2.43 bits per heavy atom. The zero-order valence-electron chi connectivity index (χ0n) is 4.64. The summed E-state index contributed by atoms with van der Waals surface area (Å²) >= 11 is 4.23. The SMILES string of the molecule is CCC[Se](=[Se])[Se]C. The Bertz CT molecular complexity index is 60.0. The molecule has 0 aliphatic carbocycles. The van der Waals surface area contributed by atoms with Gasteiger partial charge in [-0.25, -0.2) is 0 Å². The zero-order chi connectivity index (χ0) is 5.70. The summed E-state index contributed by atoms with van der Waals surface area (Å²) in [5, 5.41) is 1.50. The van der Waals surface area contributed by atoms with Crippen molar-refractivity contribution in [2.45, 2.75) is 24.5 Å². The van der Waals surface area contributed by atoms with Gasteiger partial charge in [-0.1, -0.05) is 0 Å². The molecule has 0 aromatic carbocycles. The fraction of sp³-hybridized carbons (Fsp3) is 1.00. The van der Waals surface area contributed by atoms with E-state index in [1.807, 2.05) is 0 Å². The maximum absolute atomic E-state index is 3.28. The number of hydrogen-bond donors (Lipinski definition) is 0. The molecule has 0 saturated carbocycles. The third-order valence-electron chi connectivity index (χ3n) is 0.557. The van der Waals surface area contributed by atoms with Gasteiger partial charge < -0.3 is 0 Å². The van der Waals surface area contributed by atoms with E-state index in [0.717, 1.165) is 13.1 Å². The van der Waals surface area contributed by atoms with E-state index in [4.69, 9.17) is 0 Å². The van der Waals surface area contributed by atoms with Crippen LogP contribution in [0.25, 0.3) is 0 Å². The monoisotopic (exact) mass is 298 g/mol. The molecule has 0 nitrogen and oxygen atoms in total. The second-order valence-electron chi connectivity index (χ2n) is 1.17. The van der Waals surface area contributed by atoms with E-state index in [1.165, 1.54) is 11.7 Å². The van der Waals surface area contributed by atoms with Crippen LogP contribution in [-0.4, -0.2) is 36.5 Å². The first kappa shape index (κ1) is 8.56. The van der Waals surface area contributed by atoms with Crippen LogP contribution in [0.5, 0.6) is 0 Å². The molecule has 0 heterocycles. The summed E-state index contributed by atoms with van der Waals surface area (Å²) in [4.78, 5) is 0. The van der Waals surface area contributed by atoms with Crippen molar-refractivity contribution < 1.29 is 0 Å². The fourth-order valence-electron chi connectivity index (χ4n) is 0.250. The van der Waals surface area contributed by atoms with Gasteiger partial charge in [-0.2, -0.15) is 0 Å². The fourth-order valence-corrected chi connectivity index (χ4v) is 6.75. The molecule has 0 amide bonds. The topological polar surface area (TPSA) is 0 Å². The average molecular weight is 295 g/mol. The van der Waals surface area contributed by atoms with Gasteiger partial charge in [0, 0.05) is 0 Å². The molecule has 0 bridgehead atoms. The summed E-state index contributed by atoms with van der Waals surface area (Å²) in [7, 11) is -0.131. The quantitative estimate of drug-likeness (QED) is 0.676. The van der Waals surface area contributed by atoms with Crippen molar-refractivity contribution in [1.82, 2.24) is 0 Å². The molecule has 44 valence electrons. The first-order valence-electron chi connectivity index (χ1n) is 2.24. The summed E-state index contributed by atoms with van der Waals surface area (Å²) in [6.07, 6.45) is 1.38. The van der Waals surface area contributed by atoms with Crippen molar-refractivity contribution in [3.05, 3.63) is 0 Å². The first-order valence-corrected chi connectivity index (χ1v) is 13.8. The Morgan fingerprint density at radius 1 is 1.71 bits per heavy atom. The molecule has 0 aliphatic heterocycles. The van der Waals surface area contributed by atoms with Crippen LogP contribution in [-0.2, 0) is 0 Å². The minimum absolute atomic E-state index is 0.131. The molecule has 0 N–H and O–H groups in total. The molecule has 0 saturated heterocycles. The molecule has 7 heavy (non-hydrogen) atoms. The van der Waals surface area contributed by atoms with Crippen LogP contribution < -0.4 is 0 Å². The molecule has 0 aliphatic rings. The third-order valence-corrected chi connectivity index (χ3v) is 18.3. The van der Waals surface area contributed by atoms with Gasteiger partial charge in [0.2, 0.25) is 0 Å². The first-order chi connectivity index (χ1) is 3.31. The Kier molecular flexibility index (Phi) is 6.96. The molecule has 0 rings (SSSR count). The number of rotatable bonds is 3. The summed E-state index contributed by atoms with van der Waals surface area (Å²) in [5.41, 5.74) is 0. The zero-order valence-corrected chi connectivity index (χ0v) is 9.78. The minimum atomic E-state index is -0.131. The third kappa shape index (κ3) is 5.43. The van der Waals surface area contributed by atoms with Crippen LogP contribution in [0.4, 0.5) is 0 Å². The van der Waals surface area contributed by atoms with E-state index in [-0.39, 0.29) is 9.72 Å².